The highest BCUT2D eigenvalue weighted by Gasteiger charge is 2.38. The first-order valence-corrected chi connectivity index (χ1v) is 5.19. The number of fused-ring (bicyclic) bond motifs is 3. The first-order valence-electron chi connectivity index (χ1n) is 5.19. The number of alkyl halides is 3. The first kappa shape index (κ1) is 12.3. The molecule has 0 atom stereocenters. The van der Waals surface area contributed by atoms with E-state index in [4.69, 9.17) is 9.90 Å². The normalized spacial score (nSPS) is 29.3. The molecule has 0 saturated heterocycles. The van der Waals surface area contributed by atoms with Gasteiger partial charge in [-0.25, -0.2) is 4.79 Å². The number of aliphatic carboxylic acids is 1. The molecule has 3 saturated carbocycles. The van der Waals surface area contributed by atoms with Crippen LogP contribution >= 0.6 is 0 Å². The molecule has 88 valence electrons. The third-order valence-electron chi connectivity index (χ3n) is 3.19. The van der Waals surface area contributed by atoms with E-state index in [2.05, 4.69) is 0 Å². The molecule has 0 unspecified atom stereocenters. The highest BCUT2D eigenvalue weighted by atomic mass is 19.4. The van der Waals surface area contributed by atoms with Crippen LogP contribution in [0.2, 0.25) is 0 Å². The fourth-order valence-electron chi connectivity index (χ4n) is 2.28. The second kappa shape index (κ2) is 4.86. The number of carbonyl (C=O) groups is 1. The van der Waals surface area contributed by atoms with Crippen LogP contribution in [0.25, 0.3) is 0 Å². The van der Waals surface area contributed by atoms with E-state index in [0.29, 0.717) is 0 Å². The molecule has 0 radical (unpaired) electrons. The zero-order valence-corrected chi connectivity index (χ0v) is 8.39. The van der Waals surface area contributed by atoms with Crippen molar-refractivity contribution in [2.24, 2.45) is 11.8 Å². The molecule has 3 rings (SSSR count). The molecular weight excluding hydrogens is 209 g/mol. The lowest BCUT2D eigenvalue weighted by Crippen LogP contribution is -2.21. The van der Waals surface area contributed by atoms with Gasteiger partial charge < -0.3 is 5.11 Å². The quantitative estimate of drug-likeness (QED) is 0.686. The molecule has 3 fully saturated rings. The van der Waals surface area contributed by atoms with E-state index in [1.165, 1.54) is 0 Å². The van der Waals surface area contributed by atoms with E-state index < -0.39 is 12.1 Å². The summed E-state index contributed by atoms with van der Waals surface area (Å²) in [6.07, 6.45) is 4.28. The Hall–Kier alpha value is -0.740. The molecule has 0 heterocycles. The minimum absolute atomic E-state index is 1.15. The van der Waals surface area contributed by atoms with Crippen LogP contribution < -0.4 is 0 Å². The average Bonchev–Trinajstić information content (AvgIpc) is 2.20. The average molecular weight is 224 g/mol. The monoisotopic (exact) mass is 224 g/mol. The van der Waals surface area contributed by atoms with Crippen molar-refractivity contribution in [3.8, 4) is 0 Å². The second-order valence-electron chi connectivity index (χ2n) is 4.27. The number of halogens is 3. The third-order valence-corrected chi connectivity index (χ3v) is 3.19. The van der Waals surface area contributed by atoms with Crippen molar-refractivity contribution in [2.45, 2.75) is 44.7 Å². The fourth-order valence-corrected chi connectivity index (χ4v) is 2.28. The van der Waals surface area contributed by atoms with Crippen LogP contribution in [0.5, 0.6) is 0 Å². The van der Waals surface area contributed by atoms with Crippen molar-refractivity contribution in [1.29, 1.82) is 0 Å². The molecule has 2 bridgehead atoms. The first-order chi connectivity index (χ1) is 6.89. The summed E-state index contributed by atoms with van der Waals surface area (Å²) in [5.74, 6) is -0.451. The standard InChI is InChI=1S/C8H14.C2HF3O2/c1-2-8-5-3-7(1)4-6-8;3-2(4,5)1(6)7/h7-8H,1-6H2;(H,6,7). The van der Waals surface area contributed by atoms with Crippen molar-refractivity contribution < 1.29 is 23.1 Å². The molecule has 5 heteroatoms. The maximum absolute atomic E-state index is 10.6. The summed E-state index contributed by atoms with van der Waals surface area (Å²) in [6.45, 7) is 0. The summed E-state index contributed by atoms with van der Waals surface area (Å²) < 4.78 is 31.7. The Labute approximate surface area is 86.5 Å². The van der Waals surface area contributed by atoms with Crippen LogP contribution in [0.4, 0.5) is 13.2 Å². The van der Waals surface area contributed by atoms with Gasteiger partial charge in [0.15, 0.2) is 0 Å². The van der Waals surface area contributed by atoms with Crippen LogP contribution in [0.1, 0.15) is 38.5 Å². The van der Waals surface area contributed by atoms with Gasteiger partial charge in [0.25, 0.3) is 0 Å². The Kier molecular flexibility index (Phi) is 3.99. The SMILES string of the molecule is C1CC2CCC1CC2.O=C(O)C(F)(F)F. The summed E-state index contributed by atoms with van der Waals surface area (Å²) >= 11 is 0. The summed E-state index contributed by atoms with van der Waals surface area (Å²) in [7, 11) is 0. The van der Waals surface area contributed by atoms with E-state index in [9.17, 15) is 13.2 Å². The van der Waals surface area contributed by atoms with Gasteiger partial charge in [0.2, 0.25) is 0 Å². The van der Waals surface area contributed by atoms with E-state index in [0.717, 1.165) is 11.8 Å². The minimum Gasteiger partial charge on any atom is -0.475 e. The van der Waals surface area contributed by atoms with Crippen molar-refractivity contribution >= 4 is 5.97 Å². The molecule has 0 amide bonds. The number of rotatable bonds is 0. The molecule has 15 heavy (non-hydrogen) atoms. The predicted molar refractivity (Wildman–Crippen MR) is 48.4 cm³/mol. The molecule has 0 aromatic heterocycles. The maximum Gasteiger partial charge on any atom is 0.490 e. The van der Waals surface area contributed by atoms with Gasteiger partial charge in [-0.1, -0.05) is 38.5 Å². The summed E-state index contributed by atoms with van der Waals surface area (Å²) in [5, 5.41) is 7.12. The fraction of sp³-hybridized carbons (Fsp3) is 0.900. The molecule has 0 aromatic carbocycles. The van der Waals surface area contributed by atoms with Crippen LogP contribution in [0, 0.1) is 11.8 Å². The Morgan fingerprint density at radius 3 is 1.20 bits per heavy atom. The van der Waals surface area contributed by atoms with E-state index in [1.807, 2.05) is 0 Å². The number of carboxylic acids is 1. The van der Waals surface area contributed by atoms with Crippen molar-refractivity contribution in [3.05, 3.63) is 0 Å². The van der Waals surface area contributed by atoms with Gasteiger partial charge in [0.05, 0.1) is 0 Å². The van der Waals surface area contributed by atoms with Crippen LogP contribution in [-0.4, -0.2) is 17.3 Å². The lowest BCUT2D eigenvalue weighted by molar-refractivity contribution is -0.192. The van der Waals surface area contributed by atoms with Crippen molar-refractivity contribution in [3.63, 3.8) is 0 Å². The lowest BCUT2D eigenvalue weighted by Gasteiger charge is -2.35. The van der Waals surface area contributed by atoms with E-state index >= 15 is 0 Å². The smallest absolute Gasteiger partial charge is 0.475 e. The molecule has 1 N–H and O–H groups in total. The lowest BCUT2D eigenvalue weighted by atomic mass is 9.71. The number of hydrogen-bond donors (Lipinski definition) is 1. The van der Waals surface area contributed by atoms with Gasteiger partial charge in [0.1, 0.15) is 0 Å². The number of carboxylic acid groups (broad SMARTS) is 1. The van der Waals surface area contributed by atoms with E-state index in [1.54, 1.807) is 38.5 Å². The van der Waals surface area contributed by atoms with Crippen LogP contribution in [-0.2, 0) is 4.79 Å². The summed E-state index contributed by atoms with van der Waals surface area (Å²) in [6, 6.07) is 0. The van der Waals surface area contributed by atoms with Gasteiger partial charge in [-0.3, -0.25) is 0 Å². The van der Waals surface area contributed by atoms with Crippen molar-refractivity contribution in [2.75, 3.05) is 0 Å². The molecule has 0 aliphatic heterocycles. The Morgan fingerprint density at radius 2 is 1.13 bits per heavy atom. The minimum atomic E-state index is -5.08. The summed E-state index contributed by atoms with van der Waals surface area (Å²) in [4.78, 5) is 8.90. The summed E-state index contributed by atoms with van der Waals surface area (Å²) in [5.41, 5.74) is 0. The topological polar surface area (TPSA) is 37.3 Å². The van der Waals surface area contributed by atoms with Crippen LogP contribution in [0.3, 0.4) is 0 Å². The Morgan fingerprint density at radius 1 is 0.933 bits per heavy atom. The molecule has 3 aliphatic carbocycles. The van der Waals surface area contributed by atoms with Gasteiger partial charge in [0, 0.05) is 0 Å². The Bertz CT molecular complexity index is 194. The zero-order chi connectivity index (χ0) is 11.5. The molecular formula is C10H15F3O2. The molecule has 0 aromatic rings. The maximum atomic E-state index is 10.6. The third kappa shape index (κ3) is 4.10. The number of hydrogen-bond acceptors (Lipinski definition) is 1. The second-order valence-corrected chi connectivity index (χ2v) is 4.27. The molecule has 2 nitrogen and oxygen atoms in total. The molecule has 0 spiro atoms. The van der Waals surface area contributed by atoms with Crippen molar-refractivity contribution in [1.82, 2.24) is 0 Å². The highest BCUT2D eigenvalue weighted by molar-refractivity contribution is 5.73. The van der Waals surface area contributed by atoms with Gasteiger partial charge in [-0.2, -0.15) is 13.2 Å². The molecule has 3 aliphatic rings. The van der Waals surface area contributed by atoms with E-state index in [-0.39, 0.29) is 0 Å². The Balaban J connectivity index is 0.000000153. The van der Waals surface area contributed by atoms with Gasteiger partial charge >= 0.3 is 12.1 Å². The highest BCUT2D eigenvalue weighted by Crippen LogP contribution is 2.40. The van der Waals surface area contributed by atoms with Crippen LogP contribution in [0.15, 0.2) is 0 Å². The predicted octanol–water partition coefficient (Wildman–Crippen LogP) is 3.22. The van der Waals surface area contributed by atoms with Gasteiger partial charge in [-0.05, 0) is 11.8 Å². The largest absolute Gasteiger partial charge is 0.490 e. The zero-order valence-electron chi connectivity index (χ0n) is 8.39. The van der Waals surface area contributed by atoms with Gasteiger partial charge in [-0.15, -0.1) is 0 Å².